The first-order valence-electron chi connectivity index (χ1n) is 6.79. The van der Waals surface area contributed by atoms with E-state index < -0.39 is 10.2 Å². The lowest BCUT2D eigenvalue weighted by molar-refractivity contribution is 0.246. The number of nitrogens with zero attached hydrogens (tertiary/aromatic N) is 5. The van der Waals surface area contributed by atoms with Gasteiger partial charge in [0, 0.05) is 32.4 Å². The second-order valence-electron chi connectivity index (χ2n) is 5.13. The highest BCUT2D eigenvalue weighted by Gasteiger charge is 2.34. The van der Waals surface area contributed by atoms with Crippen molar-refractivity contribution in [2.75, 3.05) is 26.2 Å². The van der Waals surface area contributed by atoms with Gasteiger partial charge in [0.1, 0.15) is 0 Å². The van der Waals surface area contributed by atoms with Crippen molar-refractivity contribution in [2.45, 2.75) is 31.7 Å². The maximum atomic E-state index is 12.4. The monoisotopic (exact) mass is 285 g/mol. The quantitative estimate of drug-likeness (QED) is 0.798. The molecule has 0 unspecified atom stereocenters. The van der Waals surface area contributed by atoms with Crippen LogP contribution in [0.3, 0.4) is 0 Å². The maximum Gasteiger partial charge on any atom is 0.281 e. The Labute approximate surface area is 113 Å². The Morgan fingerprint density at radius 1 is 1.00 bits per heavy atom. The number of piperidine rings is 1. The summed E-state index contributed by atoms with van der Waals surface area (Å²) in [5.41, 5.74) is 0. The van der Waals surface area contributed by atoms with E-state index in [9.17, 15) is 8.42 Å². The van der Waals surface area contributed by atoms with Crippen LogP contribution in [-0.2, 0) is 10.2 Å². The summed E-state index contributed by atoms with van der Waals surface area (Å²) in [4.78, 5) is 0. The van der Waals surface area contributed by atoms with Crippen molar-refractivity contribution in [3.05, 3.63) is 12.4 Å². The van der Waals surface area contributed by atoms with Crippen LogP contribution >= 0.6 is 0 Å². The first-order chi connectivity index (χ1) is 9.18. The second-order valence-corrected chi connectivity index (χ2v) is 7.06. The van der Waals surface area contributed by atoms with Gasteiger partial charge in [-0.25, -0.2) is 4.68 Å². The molecule has 0 atom stereocenters. The summed E-state index contributed by atoms with van der Waals surface area (Å²) in [5, 5.41) is 7.79. The molecule has 0 bridgehead atoms. The average Bonchev–Trinajstić information content (AvgIpc) is 3.12. The predicted octanol–water partition coefficient (Wildman–Crippen LogP) is 0.256. The molecule has 2 aliphatic rings. The first-order valence-corrected chi connectivity index (χ1v) is 8.18. The molecule has 3 rings (SSSR count). The van der Waals surface area contributed by atoms with E-state index in [-0.39, 0.29) is 6.04 Å². The van der Waals surface area contributed by atoms with Crippen molar-refractivity contribution in [3.8, 4) is 0 Å². The van der Waals surface area contributed by atoms with Crippen LogP contribution < -0.4 is 0 Å². The third-order valence-electron chi connectivity index (χ3n) is 3.96. The van der Waals surface area contributed by atoms with E-state index in [1.807, 2.05) is 10.9 Å². The minimum atomic E-state index is -3.23. The highest BCUT2D eigenvalue weighted by molar-refractivity contribution is 7.86. The molecule has 0 amide bonds. The van der Waals surface area contributed by atoms with Gasteiger partial charge in [-0.15, -0.1) is 5.10 Å². The fraction of sp³-hybridized carbons (Fsp3) is 0.818. The van der Waals surface area contributed by atoms with Crippen molar-refractivity contribution in [2.24, 2.45) is 0 Å². The predicted molar refractivity (Wildman–Crippen MR) is 69.6 cm³/mol. The molecule has 2 saturated heterocycles. The van der Waals surface area contributed by atoms with Gasteiger partial charge < -0.3 is 0 Å². The zero-order chi connectivity index (χ0) is 13.3. The molecule has 1 aromatic heterocycles. The maximum absolute atomic E-state index is 12.4. The summed E-state index contributed by atoms with van der Waals surface area (Å²) in [6.07, 6.45) is 7.07. The van der Waals surface area contributed by atoms with Gasteiger partial charge in [0.15, 0.2) is 0 Å². The molecule has 0 aromatic carbocycles. The van der Waals surface area contributed by atoms with Crippen LogP contribution in [0.25, 0.3) is 0 Å². The Kier molecular flexibility index (Phi) is 3.55. The van der Waals surface area contributed by atoms with E-state index in [0.717, 1.165) is 25.7 Å². The molecule has 7 nitrogen and oxygen atoms in total. The summed E-state index contributed by atoms with van der Waals surface area (Å²) in [6.45, 7) is 2.49. The van der Waals surface area contributed by atoms with Crippen LogP contribution in [0.1, 0.15) is 31.7 Å². The van der Waals surface area contributed by atoms with Crippen LogP contribution in [0, 0.1) is 0 Å². The van der Waals surface area contributed by atoms with Gasteiger partial charge >= 0.3 is 0 Å². The molecule has 106 valence electrons. The van der Waals surface area contributed by atoms with E-state index in [1.54, 1.807) is 14.8 Å². The Morgan fingerprint density at radius 3 is 2.21 bits per heavy atom. The third-order valence-corrected chi connectivity index (χ3v) is 5.99. The van der Waals surface area contributed by atoms with E-state index >= 15 is 0 Å². The van der Waals surface area contributed by atoms with Gasteiger partial charge in [-0.3, -0.25) is 0 Å². The van der Waals surface area contributed by atoms with Gasteiger partial charge in [-0.05, 0) is 25.7 Å². The third kappa shape index (κ3) is 2.52. The van der Waals surface area contributed by atoms with Crippen molar-refractivity contribution in [3.63, 3.8) is 0 Å². The highest BCUT2D eigenvalue weighted by Crippen LogP contribution is 2.25. The van der Waals surface area contributed by atoms with E-state index in [4.69, 9.17) is 0 Å². The normalized spacial score (nSPS) is 24.0. The molecule has 0 N–H and O–H groups in total. The molecule has 2 aliphatic heterocycles. The summed E-state index contributed by atoms with van der Waals surface area (Å²) >= 11 is 0. The zero-order valence-corrected chi connectivity index (χ0v) is 11.7. The van der Waals surface area contributed by atoms with Gasteiger partial charge in [-0.1, -0.05) is 5.21 Å². The minimum absolute atomic E-state index is 0.271. The molecule has 19 heavy (non-hydrogen) atoms. The standard InChI is InChI=1S/C11H19N5O2S/c17-19(18,14-6-1-2-7-14)15-8-3-11(4-9-15)16-10-5-12-13-16/h5,10-11H,1-4,6-9H2. The van der Waals surface area contributed by atoms with Gasteiger partial charge in [-0.2, -0.15) is 17.0 Å². The lowest BCUT2D eigenvalue weighted by Crippen LogP contribution is -2.46. The van der Waals surface area contributed by atoms with Gasteiger partial charge in [0.05, 0.1) is 12.2 Å². The molecule has 0 saturated carbocycles. The molecule has 0 spiro atoms. The van der Waals surface area contributed by atoms with Crippen LogP contribution in [0.4, 0.5) is 0 Å². The topological polar surface area (TPSA) is 71.3 Å². The van der Waals surface area contributed by atoms with E-state index in [1.165, 1.54) is 0 Å². The Hall–Kier alpha value is -0.990. The molecule has 2 fully saturated rings. The number of rotatable bonds is 3. The van der Waals surface area contributed by atoms with Gasteiger partial charge in [0.25, 0.3) is 10.2 Å². The minimum Gasteiger partial charge on any atom is -0.249 e. The number of hydrogen-bond donors (Lipinski definition) is 0. The lowest BCUT2D eigenvalue weighted by Gasteiger charge is -2.33. The molecule has 1 aromatic rings. The molecular weight excluding hydrogens is 266 g/mol. The van der Waals surface area contributed by atoms with Gasteiger partial charge in [0.2, 0.25) is 0 Å². The smallest absolute Gasteiger partial charge is 0.249 e. The summed E-state index contributed by atoms with van der Waals surface area (Å²) in [6, 6.07) is 0.271. The summed E-state index contributed by atoms with van der Waals surface area (Å²) in [7, 11) is -3.23. The molecule has 0 radical (unpaired) electrons. The zero-order valence-electron chi connectivity index (χ0n) is 10.8. The average molecular weight is 285 g/mol. The van der Waals surface area contributed by atoms with Crippen molar-refractivity contribution < 1.29 is 8.42 Å². The molecular formula is C11H19N5O2S. The van der Waals surface area contributed by atoms with E-state index in [0.29, 0.717) is 26.2 Å². The number of aromatic nitrogens is 3. The first kappa shape index (κ1) is 13.0. The lowest BCUT2D eigenvalue weighted by atomic mass is 10.1. The number of hydrogen-bond acceptors (Lipinski definition) is 4. The Balaban J connectivity index is 1.63. The van der Waals surface area contributed by atoms with Crippen LogP contribution in [0.15, 0.2) is 12.4 Å². The Morgan fingerprint density at radius 2 is 1.63 bits per heavy atom. The second kappa shape index (κ2) is 5.18. The fourth-order valence-corrected chi connectivity index (χ4v) is 4.55. The van der Waals surface area contributed by atoms with Crippen molar-refractivity contribution in [1.29, 1.82) is 0 Å². The fourth-order valence-electron chi connectivity index (χ4n) is 2.83. The van der Waals surface area contributed by atoms with E-state index in [2.05, 4.69) is 10.3 Å². The van der Waals surface area contributed by atoms with Crippen molar-refractivity contribution >= 4 is 10.2 Å². The highest BCUT2D eigenvalue weighted by atomic mass is 32.2. The van der Waals surface area contributed by atoms with Crippen LogP contribution in [0.5, 0.6) is 0 Å². The largest absolute Gasteiger partial charge is 0.281 e. The van der Waals surface area contributed by atoms with Crippen LogP contribution in [-0.4, -0.2) is 58.2 Å². The summed E-state index contributed by atoms with van der Waals surface area (Å²) < 4.78 is 29.9. The summed E-state index contributed by atoms with van der Waals surface area (Å²) in [5.74, 6) is 0. The molecule has 0 aliphatic carbocycles. The molecule has 3 heterocycles. The van der Waals surface area contributed by atoms with Crippen LogP contribution in [0.2, 0.25) is 0 Å². The Bertz CT molecular complexity index is 501. The van der Waals surface area contributed by atoms with Crippen molar-refractivity contribution in [1.82, 2.24) is 23.6 Å². The SMILES string of the molecule is O=S(=O)(N1CCCC1)N1CCC(n2ccnn2)CC1. The molecule has 8 heteroatoms.